The van der Waals surface area contributed by atoms with Gasteiger partial charge in [0.25, 0.3) is 0 Å². The standard InChI is InChI=1S/C17H20BF2NO7/c1-8(22)21-11-6-9-5-10(19)13(20)12(14(9)28-18(11)25)15(23)26-7-27-16(24)17(2,3)4/h5,11,25H,6-7H2,1-4H3,(H,21,22). The zero-order chi connectivity index (χ0) is 21.2. The third-order valence-electron chi connectivity index (χ3n) is 3.86. The van der Waals surface area contributed by atoms with Crippen molar-refractivity contribution in [3.8, 4) is 5.75 Å². The normalized spacial score (nSPS) is 16.0. The predicted octanol–water partition coefficient (Wildman–Crippen LogP) is 1.13. The molecule has 2 rings (SSSR count). The van der Waals surface area contributed by atoms with E-state index < -0.39 is 66.1 Å². The first-order chi connectivity index (χ1) is 12.9. The molecule has 0 saturated heterocycles. The lowest BCUT2D eigenvalue weighted by Crippen LogP contribution is -2.52. The Morgan fingerprint density at radius 3 is 2.54 bits per heavy atom. The van der Waals surface area contributed by atoms with Crippen molar-refractivity contribution in [2.75, 3.05) is 6.79 Å². The summed E-state index contributed by atoms with van der Waals surface area (Å²) in [6.45, 7) is 5.16. The second-order valence-electron chi connectivity index (χ2n) is 7.29. The van der Waals surface area contributed by atoms with Gasteiger partial charge in [0.15, 0.2) is 11.6 Å². The fourth-order valence-corrected chi connectivity index (χ4v) is 2.48. The molecule has 0 aliphatic carbocycles. The van der Waals surface area contributed by atoms with Gasteiger partial charge in [-0.25, -0.2) is 13.6 Å². The predicted molar refractivity (Wildman–Crippen MR) is 92.1 cm³/mol. The SMILES string of the molecule is CC(=O)NC1Cc2cc(F)c(F)c(C(=O)OCOC(=O)C(C)(C)C)c2OB1O. The molecule has 1 aromatic carbocycles. The van der Waals surface area contributed by atoms with Crippen LogP contribution in [0.3, 0.4) is 0 Å². The molecule has 0 saturated carbocycles. The molecule has 1 aliphatic rings. The molecule has 1 amide bonds. The number of ether oxygens (including phenoxy) is 2. The zero-order valence-corrected chi connectivity index (χ0v) is 15.8. The van der Waals surface area contributed by atoms with Gasteiger partial charge in [-0.05, 0) is 38.8 Å². The topological polar surface area (TPSA) is 111 Å². The van der Waals surface area contributed by atoms with Gasteiger partial charge in [0.2, 0.25) is 12.7 Å². The summed E-state index contributed by atoms with van der Waals surface area (Å²) in [5.74, 6) is -6.63. The van der Waals surface area contributed by atoms with Crippen molar-refractivity contribution < 1.29 is 42.3 Å². The van der Waals surface area contributed by atoms with Crippen LogP contribution in [-0.4, -0.2) is 42.7 Å². The van der Waals surface area contributed by atoms with Gasteiger partial charge >= 0.3 is 19.1 Å². The third-order valence-corrected chi connectivity index (χ3v) is 3.86. The summed E-state index contributed by atoms with van der Waals surface area (Å²) >= 11 is 0. The number of hydrogen-bond acceptors (Lipinski definition) is 7. The van der Waals surface area contributed by atoms with Crippen molar-refractivity contribution in [1.82, 2.24) is 5.32 Å². The van der Waals surface area contributed by atoms with Gasteiger partial charge in [-0.2, -0.15) is 0 Å². The van der Waals surface area contributed by atoms with Gasteiger partial charge in [-0.15, -0.1) is 0 Å². The zero-order valence-electron chi connectivity index (χ0n) is 15.8. The van der Waals surface area contributed by atoms with Crippen LogP contribution in [0.1, 0.15) is 43.6 Å². The van der Waals surface area contributed by atoms with Gasteiger partial charge < -0.3 is 24.5 Å². The highest BCUT2D eigenvalue weighted by molar-refractivity contribution is 6.47. The molecule has 2 N–H and O–H groups in total. The van der Waals surface area contributed by atoms with E-state index in [2.05, 4.69) is 5.32 Å². The van der Waals surface area contributed by atoms with Crippen LogP contribution >= 0.6 is 0 Å². The Morgan fingerprint density at radius 2 is 1.96 bits per heavy atom. The number of halogens is 2. The van der Waals surface area contributed by atoms with Crippen LogP contribution in [0.15, 0.2) is 6.07 Å². The summed E-state index contributed by atoms with van der Waals surface area (Å²) < 4.78 is 42.8. The molecule has 0 radical (unpaired) electrons. The molecular formula is C17H20BF2NO7. The van der Waals surface area contributed by atoms with E-state index in [1.807, 2.05) is 0 Å². The van der Waals surface area contributed by atoms with Crippen molar-refractivity contribution >= 4 is 25.0 Å². The summed E-state index contributed by atoms with van der Waals surface area (Å²) in [4.78, 5) is 35.1. The Morgan fingerprint density at radius 1 is 1.32 bits per heavy atom. The quantitative estimate of drug-likeness (QED) is 0.444. The van der Waals surface area contributed by atoms with E-state index in [-0.39, 0.29) is 12.0 Å². The average Bonchev–Trinajstić information content (AvgIpc) is 2.56. The number of hydrogen-bond donors (Lipinski definition) is 2. The highest BCUT2D eigenvalue weighted by atomic mass is 19.2. The van der Waals surface area contributed by atoms with E-state index >= 15 is 0 Å². The lowest BCUT2D eigenvalue weighted by molar-refractivity contribution is -0.161. The average molecular weight is 399 g/mol. The Balaban J connectivity index is 2.23. The number of rotatable bonds is 4. The van der Waals surface area contributed by atoms with Crippen molar-refractivity contribution in [1.29, 1.82) is 0 Å². The van der Waals surface area contributed by atoms with Crippen LogP contribution in [0.2, 0.25) is 0 Å². The number of nitrogens with one attached hydrogen (secondary N) is 1. The number of fused-ring (bicyclic) bond motifs is 1. The van der Waals surface area contributed by atoms with Crippen LogP contribution in [0.4, 0.5) is 8.78 Å². The molecule has 1 aromatic rings. The summed E-state index contributed by atoms with van der Waals surface area (Å²) in [5, 5.41) is 12.4. The summed E-state index contributed by atoms with van der Waals surface area (Å²) in [5.41, 5.74) is -1.66. The first kappa shape index (κ1) is 21.6. The molecule has 0 fully saturated rings. The molecule has 0 bridgehead atoms. The van der Waals surface area contributed by atoms with Crippen molar-refractivity contribution in [3.63, 3.8) is 0 Å². The van der Waals surface area contributed by atoms with Gasteiger partial charge in [0, 0.05) is 6.92 Å². The maximum Gasteiger partial charge on any atom is 0.547 e. The first-order valence-electron chi connectivity index (χ1n) is 8.39. The summed E-state index contributed by atoms with van der Waals surface area (Å²) in [6, 6.07) is 0.807. The number of carbonyl (C=O) groups excluding carboxylic acids is 3. The van der Waals surface area contributed by atoms with Crippen molar-refractivity contribution in [2.45, 2.75) is 40.1 Å². The second-order valence-corrected chi connectivity index (χ2v) is 7.29. The smallest absolute Gasteiger partial charge is 0.534 e. The van der Waals surface area contributed by atoms with Gasteiger partial charge in [0.05, 0.1) is 11.4 Å². The molecular weight excluding hydrogens is 379 g/mol. The Bertz CT molecular complexity index is 810. The maximum atomic E-state index is 14.2. The Labute approximate surface area is 160 Å². The molecule has 8 nitrogen and oxygen atoms in total. The molecule has 0 spiro atoms. The van der Waals surface area contributed by atoms with Crippen LogP contribution < -0.4 is 9.97 Å². The fraction of sp³-hybridized carbons (Fsp3) is 0.471. The van der Waals surface area contributed by atoms with E-state index in [0.29, 0.717) is 0 Å². The van der Waals surface area contributed by atoms with E-state index in [0.717, 1.165) is 6.07 Å². The van der Waals surface area contributed by atoms with Crippen LogP contribution in [0.5, 0.6) is 5.75 Å². The lowest BCUT2D eigenvalue weighted by atomic mass is 9.72. The number of esters is 2. The first-order valence-corrected chi connectivity index (χ1v) is 8.39. The van der Waals surface area contributed by atoms with Gasteiger partial charge in [-0.3, -0.25) is 9.59 Å². The summed E-state index contributed by atoms with van der Waals surface area (Å²) in [6.07, 6.45) is -0.105. The molecule has 1 atom stereocenters. The van der Waals surface area contributed by atoms with Crippen LogP contribution in [0.25, 0.3) is 0 Å². The minimum absolute atomic E-state index is 0.0570. The van der Waals surface area contributed by atoms with Crippen molar-refractivity contribution in [3.05, 3.63) is 28.8 Å². The largest absolute Gasteiger partial charge is 0.547 e. The minimum Gasteiger partial charge on any atom is -0.534 e. The molecule has 11 heteroatoms. The minimum atomic E-state index is -1.59. The number of carbonyl (C=O) groups is 3. The van der Waals surface area contributed by atoms with E-state index in [9.17, 15) is 28.2 Å². The summed E-state index contributed by atoms with van der Waals surface area (Å²) in [7, 11) is -1.59. The van der Waals surface area contributed by atoms with E-state index in [1.54, 1.807) is 20.8 Å². The Kier molecular flexibility index (Phi) is 6.28. The van der Waals surface area contributed by atoms with E-state index in [1.165, 1.54) is 6.92 Å². The van der Waals surface area contributed by atoms with Gasteiger partial charge in [0.1, 0.15) is 11.3 Å². The van der Waals surface area contributed by atoms with E-state index in [4.69, 9.17) is 14.1 Å². The van der Waals surface area contributed by atoms with Crippen LogP contribution in [-0.2, 0) is 25.5 Å². The fourth-order valence-electron chi connectivity index (χ4n) is 2.48. The Hall–Kier alpha value is -2.69. The molecule has 0 aromatic heterocycles. The number of benzene rings is 1. The molecule has 28 heavy (non-hydrogen) atoms. The maximum absolute atomic E-state index is 14.2. The van der Waals surface area contributed by atoms with Gasteiger partial charge in [-0.1, -0.05) is 0 Å². The molecule has 1 heterocycles. The van der Waals surface area contributed by atoms with Crippen molar-refractivity contribution in [2.24, 2.45) is 5.41 Å². The van der Waals surface area contributed by atoms with Crippen LogP contribution in [0, 0.1) is 17.0 Å². The molecule has 1 unspecified atom stereocenters. The lowest BCUT2D eigenvalue weighted by Gasteiger charge is -2.29. The highest BCUT2D eigenvalue weighted by Crippen LogP contribution is 2.34. The number of amides is 1. The third kappa shape index (κ3) is 4.77. The monoisotopic (exact) mass is 399 g/mol. The second kappa shape index (κ2) is 8.13. The molecule has 152 valence electrons. The molecule has 1 aliphatic heterocycles. The highest BCUT2D eigenvalue weighted by Gasteiger charge is 2.39.